The summed E-state index contributed by atoms with van der Waals surface area (Å²) in [7, 11) is -0.917. The van der Waals surface area contributed by atoms with Crippen molar-refractivity contribution in [1.82, 2.24) is 0 Å². The summed E-state index contributed by atoms with van der Waals surface area (Å²) in [5, 5.41) is 0. The molecule has 0 aromatic heterocycles. The first kappa shape index (κ1) is 8.59. The van der Waals surface area contributed by atoms with E-state index in [9.17, 15) is 4.57 Å². The predicted octanol–water partition coefficient (Wildman–Crippen LogP) is 1.87. The van der Waals surface area contributed by atoms with Crippen LogP contribution in [0.15, 0.2) is 11.1 Å². The zero-order valence-electron chi connectivity index (χ0n) is 6.76. The Morgan fingerprint density at radius 1 is 1.64 bits per heavy atom. The van der Waals surface area contributed by atoms with Crippen LogP contribution in [0.4, 0.5) is 0 Å². The molecule has 0 amide bonds. The molecular weight excluding hydrogens is 159 g/mol. The topological polar surface area (TPSA) is 26.3 Å². The van der Waals surface area contributed by atoms with Crippen molar-refractivity contribution in [3.63, 3.8) is 0 Å². The molecule has 0 fully saturated rings. The lowest BCUT2D eigenvalue weighted by molar-refractivity contribution is 0.399. The Morgan fingerprint density at radius 2 is 2.27 bits per heavy atom. The van der Waals surface area contributed by atoms with Crippen LogP contribution in [0, 0.1) is 12.3 Å². The number of hydrogen-bond donors (Lipinski definition) is 0. The highest BCUT2D eigenvalue weighted by molar-refractivity contribution is 7.59. The first-order valence-electron chi connectivity index (χ1n) is 3.40. The molecule has 1 heterocycles. The van der Waals surface area contributed by atoms with Crippen molar-refractivity contribution in [1.29, 1.82) is 0 Å². The number of rotatable bonds is 1. The third-order valence-corrected chi connectivity index (χ3v) is 4.32. The van der Waals surface area contributed by atoms with Gasteiger partial charge in [0.25, 0.3) is 0 Å². The SMILES string of the molecule is C#CC1=C(C)CP(=O)(OC)C1. The Bertz CT molecular complexity index is 283. The largest absolute Gasteiger partial charge is 0.331 e. The van der Waals surface area contributed by atoms with Crippen molar-refractivity contribution < 1.29 is 9.09 Å². The third-order valence-electron chi connectivity index (χ3n) is 1.90. The van der Waals surface area contributed by atoms with E-state index in [2.05, 4.69) is 5.92 Å². The van der Waals surface area contributed by atoms with Gasteiger partial charge in [0.2, 0.25) is 7.37 Å². The smallest absolute Gasteiger partial charge is 0.211 e. The lowest BCUT2D eigenvalue weighted by atomic mass is 10.2. The van der Waals surface area contributed by atoms with Crippen LogP contribution in [0.3, 0.4) is 0 Å². The highest BCUT2D eigenvalue weighted by Gasteiger charge is 2.30. The van der Waals surface area contributed by atoms with Gasteiger partial charge in [-0.2, -0.15) is 0 Å². The lowest BCUT2D eigenvalue weighted by Gasteiger charge is -2.06. The molecule has 11 heavy (non-hydrogen) atoms. The molecule has 0 N–H and O–H groups in total. The molecule has 0 saturated heterocycles. The van der Waals surface area contributed by atoms with E-state index in [4.69, 9.17) is 10.9 Å². The summed E-state index contributed by atoms with van der Waals surface area (Å²) in [6.45, 7) is 1.91. The van der Waals surface area contributed by atoms with Crippen molar-refractivity contribution in [2.45, 2.75) is 6.92 Å². The molecule has 1 aliphatic heterocycles. The molecule has 1 rings (SSSR count). The van der Waals surface area contributed by atoms with Crippen molar-refractivity contribution in [3.05, 3.63) is 11.1 Å². The monoisotopic (exact) mass is 170 g/mol. The van der Waals surface area contributed by atoms with Crippen LogP contribution < -0.4 is 0 Å². The Kier molecular flexibility index (Phi) is 2.23. The first-order chi connectivity index (χ1) is 5.11. The summed E-state index contributed by atoms with van der Waals surface area (Å²) >= 11 is 0. The number of allylic oxidation sites excluding steroid dienone is 2. The van der Waals surface area contributed by atoms with Crippen LogP contribution in [-0.4, -0.2) is 19.4 Å². The number of terminal acetylenes is 1. The van der Waals surface area contributed by atoms with Gasteiger partial charge in [-0.05, 0) is 6.92 Å². The van der Waals surface area contributed by atoms with Crippen molar-refractivity contribution >= 4 is 7.37 Å². The van der Waals surface area contributed by atoms with E-state index < -0.39 is 7.37 Å². The van der Waals surface area contributed by atoms with Crippen LogP contribution >= 0.6 is 7.37 Å². The van der Waals surface area contributed by atoms with Gasteiger partial charge >= 0.3 is 0 Å². The fourth-order valence-corrected chi connectivity index (χ4v) is 3.31. The maximum Gasteiger partial charge on any atom is 0.211 e. The summed E-state index contributed by atoms with van der Waals surface area (Å²) < 4.78 is 16.5. The van der Waals surface area contributed by atoms with E-state index in [1.54, 1.807) is 0 Å². The second-order valence-electron chi connectivity index (χ2n) is 2.72. The van der Waals surface area contributed by atoms with Gasteiger partial charge in [-0.15, -0.1) is 6.42 Å². The molecule has 1 aliphatic rings. The van der Waals surface area contributed by atoms with Crippen LogP contribution in [0.25, 0.3) is 0 Å². The van der Waals surface area contributed by atoms with Gasteiger partial charge in [0, 0.05) is 18.8 Å². The summed E-state index contributed by atoms with van der Waals surface area (Å²) in [5.41, 5.74) is 1.90. The minimum absolute atomic E-state index is 0.450. The molecule has 0 bridgehead atoms. The van der Waals surface area contributed by atoms with Gasteiger partial charge < -0.3 is 4.52 Å². The standard InChI is InChI=1S/C8H11O2P/c1-4-8-6-11(9,10-3)5-7(8)2/h1H,5-6H2,2-3H3. The molecule has 1 unspecified atom stereocenters. The van der Waals surface area contributed by atoms with Crippen molar-refractivity contribution in [3.8, 4) is 12.3 Å². The third kappa shape index (κ3) is 1.56. The van der Waals surface area contributed by atoms with Gasteiger partial charge in [-0.1, -0.05) is 11.5 Å². The second-order valence-corrected chi connectivity index (χ2v) is 5.34. The fourth-order valence-electron chi connectivity index (χ4n) is 1.19. The summed E-state index contributed by atoms with van der Waals surface area (Å²) in [6.07, 6.45) is 6.20. The maximum absolute atomic E-state index is 11.6. The Labute approximate surface area is 67.1 Å². The van der Waals surface area contributed by atoms with E-state index in [0.717, 1.165) is 11.1 Å². The molecule has 2 nitrogen and oxygen atoms in total. The molecule has 0 saturated carbocycles. The van der Waals surface area contributed by atoms with Crippen LogP contribution in [0.5, 0.6) is 0 Å². The minimum atomic E-state index is -2.40. The molecule has 0 spiro atoms. The fraction of sp³-hybridized carbons (Fsp3) is 0.500. The van der Waals surface area contributed by atoms with Crippen molar-refractivity contribution in [2.24, 2.45) is 0 Å². The number of hydrogen-bond acceptors (Lipinski definition) is 2. The molecule has 0 aromatic carbocycles. The molecule has 3 heteroatoms. The Morgan fingerprint density at radius 3 is 2.55 bits per heavy atom. The highest BCUT2D eigenvalue weighted by Crippen LogP contribution is 2.54. The molecular formula is C8H11O2P. The quantitative estimate of drug-likeness (QED) is 0.443. The zero-order chi connectivity index (χ0) is 8.48. The zero-order valence-corrected chi connectivity index (χ0v) is 7.65. The molecule has 0 aliphatic carbocycles. The average molecular weight is 170 g/mol. The van der Waals surface area contributed by atoms with Gasteiger partial charge in [0.1, 0.15) is 0 Å². The van der Waals surface area contributed by atoms with Crippen LogP contribution in [0.2, 0.25) is 0 Å². The van der Waals surface area contributed by atoms with E-state index in [1.807, 2.05) is 6.92 Å². The van der Waals surface area contributed by atoms with Gasteiger partial charge in [0.15, 0.2) is 0 Å². The highest BCUT2D eigenvalue weighted by atomic mass is 31.2. The summed E-state index contributed by atoms with van der Waals surface area (Å²) in [5.74, 6) is 2.53. The first-order valence-corrected chi connectivity index (χ1v) is 5.40. The van der Waals surface area contributed by atoms with E-state index in [1.165, 1.54) is 7.11 Å². The van der Waals surface area contributed by atoms with E-state index in [-0.39, 0.29) is 0 Å². The second kappa shape index (κ2) is 2.85. The van der Waals surface area contributed by atoms with Crippen molar-refractivity contribution in [2.75, 3.05) is 19.4 Å². The maximum atomic E-state index is 11.6. The minimum Gasteiger partial charge on any atom is -0.331 e. The Hall–Kier alpha value is -0.510. The van der Waals surface area contributed by atoms with Gasteiger partial charge in [-0.25, -0.2) is 0 Å². The molecule has 60 valence electrons. The molecule has 0 aromatic rings. The summed E-state index contributed by atoms with van der Waals surface area (Å²) in [6, 6.07) is 0. The summed E-state index contributed by atoms with van der Waals surface area (Å²) in [4.78, 5) is 0. The average Bonchev–Trinajstić information content (AvgIpc) is 2.27. The van der Waals surface area contributed by atoms with Crippen LogP contribution in [0.1, 0.15) is 6.92 Å². The van der Waals surface area contributed by atoms with Crippen LogP contribution in [-0.2, 0) is 9.09 Å². The lowest BCUT2D eigenvalue weighted by Crippen LogP contribution is -1.88. The van der Waals surface area contributed by atoms with E-state index >= 15 is 0 Å². The Balaban J connectivity index is 2.86. The molecule has 0 radical (unpaired) electrons. The predicted molar refractivity (Wildman–Crippen MR) is 45.9 cm³/mol. The van der Waals surface area contributed by atoms with Gasteiger partial charge in [0.05, 0.1) is 6.16 Å². The molecule has 1 atom stereocenters. The van der Waals surface area contributed by atoms with E-state index in [0.29, 0.717) is 12.3 Å². The van der Waals surface area contributed by atoms with Gasteiger partial charge in [-0.3, -0.25) is 4.57 Å². The normalized spacial score (nSPS) is 30.6.